The second-order valence-corrected chi connectivity index (χ2v) is 9.92. The van der Waals surface area contributed by atoms with Gasteiger partial charge in [0.15, 0.2) is 0 Å². The zero-order valence-corrected chi connectivity index (χ0v) is 9.74. The number of ether oxygens (including phenoxy) is 1. The van der Waals surface area contributed by atoms with Gasteiger partial charge in [0.25, 0.3) is 0 Å². The molecule has 2 heterocycles. The molecule has 0 aromatic rings. The van der Waals surface area contributed by atoms with Crippen LogP contribution in [0, 0.1) is 11.8 Å². The summed E-state index contributed by atoms with van der Waals surface area (Å²) < 4.78 is 7.04. The zero-order chi connectivity index (χ0) is 9.42. The van der Waals surface area contributed by atoms with E-state index in [1.54, 1.807) is 0 Å². The van der Waals surface area contributed by atoms with E-state index in [9.17, 15) is 9.59 Å². The first-order valence-corrected chi connectivity index (χ1v) is 9.66. The molecular formula is C9H13IO3. The summed E-state index contributed by atoms with van der Waals surface area (Å²) in [5.74, 6) is -0.702. The van der Waals surface area contributed by atoms with Crippen molar-refractivity contribution in [2.45, 2.75) is 12.8 Å². The number of hydrogen-bond donors (Lipinski definition) is 0. The number of carbonyl (C=O) groups excluding carboxylic acids is 2. The summed E-state index contributed by atoms with van der Waals surface area (Å²) in [6, 6.07) is 0. The molecule has 0 radical (unpaired) electrons. The van der Waals surface area contributed by atoms with E-state index in [0.717, 1.165) is 12.8 Å². The first-order chi connectivity index (χ1) is 6.18. The van der Waals surface area contributed by atoms with E-state index in [1.165, 1.54) is 8.86 Å². The third-order valence-electron chi connectivity index (χ3n) is 2.78. The Morgan fingerprint density at radius 2 is 1.62 bits per heavy atom. The molecule has 2 atom stereocenters. The van der Waals surface area contributed by atoms with Gasteiger partial charge in [-0.1, -0.05) is 0 Å². The Labute approximate surface area is 84.6 Å². The molecule has 2 saturated heterocycles. The molecule has 3 nitrogen and oxygen atoms in total. The molecule has 2 rings (SSSR count). The molecule has 13 heavy (non-hydrogen) atoms. The maximum absolute atomic E-state index is 11.3. The molecule has 0 bridgehead atoms. The molecule has 2 unspecified atom stereocenters. The van der Waals surface area contributed by atoms with Crippen molar-refractivity contribution >= 4 is 31.8 Å². The van der Waals surface area contributed by atoms with Crippen LogP contribution in [0.15, 0.2) is 0 Å². The summed E-state index contributed by atoms with van der Waals surface area (Å²) in [4.78, 5) is 24.8. The summed E-state index contributed by atoms with van der Waals surface area (Å²) >= 11 is -0.772. The van der Waals surface area contributed by atoms with Gasteiger partial charge >= 0.3 is 84.5 Å². The fourth-order valence-electron chi connectivity index (χ4n) is 1.92. The Kier molecular flexibility index (Phi) is 2.58. The van der Waals surface area contributed by atoms with Crippen LogP contribution >= 0.6 is 19.8 Å². The van der Waals surface area contributed by atoms with Crippen LogP contribution in [0.4, 0.5) is 0 Å². The van der Waals surface area contributed by atoms with E-state index in [2.05, 4.69) is 9.67 Å². The molecule has 2 aliphatic heterocycles. The fourth-order valence-corrected chi connectivity index (χ4v) is 5.93. The number of rotatable bonds is 0. The minimum atomic E-state index is -0.772. The van der Waals surface area contributed by atoms with Crippen LogP contribution in [0.2, 0.25) is 0 Å². The molecule has 4 heteroatoms. The van der Waals surface area contributed by atoms with Crippen LogP contribution in [0.3, 0.4) is 0 Å². The van der Waals surface area contributed by atoms with Gasteiger partial charge in [-0.15, -0.1) is 0 Å². The quantitative estimate of drug-likeness (QED) is 0.292. The van der Waals surface area contributed by atoms with Crippen molar-refractivity contribution in [3.63, 3.8) is 0 Å². The number of cyclic esters (lactones) is 2. The van der Waals surface area contributed by atoms with Gasteiger partial charge in [0.05, 0.1) is 0 Å². The van der Waals surface area contributed by atoms with E-state index >= 15 is 0 Å². The third-order valence-corrected chi connectivity index (χ3v) is 7.71. The first kappa shape index (κ1) is 9.43. The molecular weight excluding hydrogens is 283 g/mol. The zero-order valence-electron chi connectivity index (χ0n) is 7.59. The van der Waals surface area contributed by atoms with Crippen molar-refractivity contribution in [1.82, 2.24) is 0 Å². The average molecular weight is 296 g/mol. The van der Waals surface area contributed by atoms with Gasteiger partial charge in [0.1, 0.15) is 0 Å². The molecule has 2 fully saturated rings. The fraction of sp³-hybridized carbons (Fsp3) is 0.778. The SMILES string of the molecule is CI1CCC2C(=O)OC(=O)C2CC1. The molecule has 0 amide bonds. The second-order valence-electron chi connectivity index (χ2n) is 3.63. The maximum atomic E-state index is 11.3. The second kappa shape index (κ2) is 3.55. The van der Waals surface area contributed by atoms with Crippen molar-refractivity contribution in [3.8, 4) is 0 Å². The Balaban J connectivity index is 2.14. The Morgan fingerprint density at radius 3 is 2.08 bits per heavy atom. The van der Waals surface area contributed by atoms with Crippen molar-refractivity contribution in [2.75, 3.05) is 13.8 Å². The van der Waals surface area contributed by atoms with Crippen LogP contribution < -0.4 is 0 Å². The third kappa shape index (κ3) is 1.73. The molecule has 2 aliphatic rings. The molecule has 0 spiro atoms. The Morgan fingerprint density at radius 1 is 1.15 bits per heavy atom. The first-order valence-electron chi connectivity index (χ1n) is 4.46. The number of hydrogen-bond acceptors (Lipinski definition) is 3. The number of alkyl halides is 3. The summed E-state index contributed by atoms with van der Waals surface area (Å²) in [5, 5.41) is 0. The summed E-state index contributed by atoms with van der Waals surface area (Å²) in [5.41, 5.74) is 0. The summed E-state index contributed by atoms with van der Waals surface area (Å²) in [6.07, 6.45) is 1.80. The van der Waals surface area contributed by atoms with Gasteiger partial charge in [-0.05, 0) is 0 Å². The summed E-state index contributed by atoms with van der Waals surface area (Å²) in [7, 11) is 0. The number of esters is 2. The van der Waals surface area contributed by atoms with Gasteiger partial charge in [0.2, 0.25) is 0 Å². The van der Waals surface area contributed by atoms with E-state index in [-0.39, 0.29) is 23.8 Å². The predicted octanol–water partition coefficient (Wildman–Crippen LogP) is 1.23. The minimum absolute atomic E-state index is 0.0882. The van der Waals surface area contributed by atoms with Crippen molar-refractivity contribution in [2.24, 2.45) is 11.8 Å². The standard InChI is InChI=1S/C9H13IO3/c1-10-4-2-6-7(3-5-10)9(12)13-8(6)11/h6-7H,2-5H2,1H3. The van der Waals surface area contributed by atoms with Gasteiger partial charge in [0, 0.05) is 0 Å². The summed E-state index contributed by atoms with van der Waals surface area (Å²) in [6.45, 7) is 0. The van der Waals surface area contributed by atoms with Crippen LogP contribution in [0.25, 0.3) is 0 Å². The van der Waals surface area contributed by atoms with E-state index < -0.39 is 19.8 Å². The van der Waals surface area contributed by atoms with Crippen molar-refractivity contribution in [3.05, 3.63) is 0 Å². The molecule has 0 saturated carbocycles. The van der Waals surface area contributed by atoms with E-state index in [0.29, 0.717) is 0 Å². The monoisotopic (exact) mass is 296 g/mol. The number of fused-ring (bicyclic) bond motifs is 1. The molecule has 74 valence electrons. The number of halogens is 1. The van der Waals surface area contributed by atoms with E-state index in [4.69, 9.17) is 0 Å². The van der Waals surface area contributed by atoms with E-state index in [1.807, 2.05) is 0 Å². The van der Waals surface area contributed by atoms with Gasteiger partial charge in [-0.3, -0.25) is 0 Å². The topological polar surface area (TPSA) is 43.4 Å². The van der Waals surface area contributed by atoms with Crippen LogP contribution in [-0.4, -0.2) is 25.7 Å². The normalized spacial score (nSPS) is 36.8. The van der Waals surface area contributed by atoms with Crippen LogP contribution in [-0.2, 0) is 14.3 Å². The molecule has 0 aromatic heterocycles. The van der Waals surface area contributed by atoms with Gasteiger partial charge in [-0.2, -0.15) is 0 Å². The molecule has 0 N–H and O–H groups in total. The van der Waals surface area contributed by atoms with Crippen LogP contribution in [0.5, 0.6) is 0 Å². The van der Waals surface area contributed by atoms with Crippen molar-refractivity contribution < 1.29 is 14.3 Å². The molecule has 0 aliphatic carbocycles. The predicted molar refractivity (Wildman–Crippen MR) is 57.0 cm³/mol. The van der Waals surface area contributed by atoms with Gasteiger partial charge < -0.3 is 0 Å². The van der Waals surface area contributed by atoms with Gasteiger partial charge in [-0.25, -0.2) is 0 Å². The Bertz CT molecular complexity index is 227. The van der Waals surface area contributed by atoms with Crippen LogP contribution in [0.1, 0.15) is 12.8 Å². The number of carbonyl (C=O) groups is 2. The Hall–Kier alpha value is -0.130. The average Bonchev–Trinajstić information content (AvgIpc) is 2.27. The van der Waals surface area contributed by atoms with Crippen molar-refractivity contribution in [1.29, 1.82) is 0 Å². The molecule has 0 aromatic carbocycles.